The fourth-order valence-electron chi connectivity index (χ4n) is 1.13. The van der Waals surface area contributed by atoms with E-state index in [0.29, 0.717) is 0 Å². The van der Waals surface area contributed by atoms with Crippen molar-refractivity contribution in [2.24, 2.45) is 0 Å². The molecule has 0 amide bonds. The molecule has 0 bridgehead atoms. The highest BCUT2D eigenvalue weighted by Crippen LogP contribution is 2.11. The first kappa shape index (κ1) is 6.16. The zero-order valence-corrected chi connectivity index (χ0v) is 6.07. The van der Waals surface area contributed by atoms with Crippen molar-refractivity contribution in [1.29, 1.82) is 0 Å². The van der Waals surface area contributed by atoms with Crippen LogP contribution in [-0.2, 0) is 0 Å². The molecule has 0 spiro atoms. The van der Waals surface area contributed by atoms with Crippen molar-refractivity contribution in [2.75, 3.05) is 0 Å². The van der Waals surface area contributed by atoms with Crippen molar-refractivity contribution in [3.63, 3.8) is 0 Å². The Bertz CT molecular complexity index is 387. The number of aromatic nitrogens is 2. The van der Waals surface area contributed by atoms with Gasteiger partial charge in [0.25, 0.3) is 0 Å². The Morgan fingerprint density at radius 2 is 2.36 bits per heavy atom. The third-order valence-corrected chi connectivity index (χ3v) is 1.67. The monoisotopic (exact) mass is 144 g/mol. The van der Waals surface area contributed by atoms with E-state index in [2.05, 4.69) is 11.6 Å². The smallest absolute Gasteiger partial charge is 0.143 e. The molecule has 0 aliphatic carbocycles. The predicted octanol–water partition coefficient (Wildman–Crippen LogP) is 2.14. The van der Waals surface area contributed by atoms with Gasteiger partial charge in [-0.1, -0.05) is 6.58 Å². The van der Waals surface area contributed by atoms with Gasteiger partial charge in [0, 0.05) is 24.0 Å². The number of fused-ring (bicyclic) bond motifs is 1. The molecule has 54 valence electrons. The summed E-state index contributed by atoms with van der Waals surface area (Å²) in [5, 5.41) is 1.15. The second-order valence-corrected chi connectivity index (χ2v) is 2.32. The van der Waals surface area contributed by atoms with Crippen molar-refractivity contribution in [2.45, 2.75) is 0 Å². The number of pyridine rings is 1. The van der Waals surface area contributed by atoms with Crippen molar-refractivity contribution in [3.8, 4) is 0 Å². The second kappa shape index (κ2) is 2.23. The van der Waals surface area contributed by atoms with Gasteiger partial charge in [0.05, 0.1) is 0 Å². The van der Waals surface area contributed by atoms with Crippen LogP contribution in [0.2, 0.25) is 0 Å². The maximum Gasteiger partial charge on any atom is 0.143 e. The van der Waals surface area contributed by atoms with Crippen molar-refractivity contribution in [3.05, 3.63) is 37.2 Å². The molecule has 0 saturated heterocycles. The molecule has 0 aromatic carbocycles. The molecule has 2 aromatic heterocycles. The van der Waals surface area contributed by atoms with Gasteiger partial charge in [-0.15, -0.1) is 0 Å². The summed E-state index contributed by atoms with van der Waals surface area (Å²) in [6.45, 7) is 3.68. The summed E-state index contributed by atoms with van der Waals surface area (Å²) in [6.07, 6.45) is 5.47. The summed E-state index contributed by atoms with van der Waals surface area (Å²) in [5.41, 5.74) is 0.961. The summed E-state index contributed by atoms with van der Waals surface area (Å²) >= 11 is 0. The molecular weight excluding hydrogens is 136 g/mol. The van der Waals surface area contributed by atoms with Gasteiger partial charge in [0.15, 0.2) is 0 Å². The first-order valence-electron chi connectivity index (χ1n) is 3.46. The van der Waals surface area contributed by atoms with Crippen LogP contribution in [0.3, 0.4) is 0 Å². The van der Waals surface area contributed by atoms with Crippen LogP contribution in [-0.4, -0.2) is 9.55 Å². The molecule has 2 aromatic rings. The third kappa shape index (κ3) is 0.835. The molecule has 2 heteroatoms. The Labute approximate surface area is 64.8 Å². The quantitative estimate of drug-likeness (QED) is 0.599. The second-order valence-electron chi connectivity index (χ2n) is 2.32. The molecule has 2 heterocycles. The Kier molecular flexibility index (Phi) is 1.25. The van der Waals surface area contributed by atoms with Crippen LogP contribution in [0.5, 0.6) is 0 Å². The Hall–Kier alpha value is -1.57. The van der Waals surface area contributed by atoms with E-state index in [1.165, 1.54) is 0 Å². The highest BCUT2D eigenvalue weighted by molar-refractivity contribution is 5.77. The number of hydrogen-bond donors (Lipinski definition) is 0. The number of nitrogens with zero attached hydrogens (tertiary/aromatic N) is 2. The SMILES string of the molecule is C=Cn1ccc2cccnc21. The molecule has 0 N–H and O–H groups in total. The van der Waals surface area contributed by atoms with E-state index >= 15 is 0 Å². The topological polar surface area (TPSA) is 17.8 Å². The normalized spacial score (nSPS) is 10.2. The van der Waals surface area contributed by atoms with Gasteiger partial charge in [-0.25, -0.2) is 4.98 Å². The fourth-order valence-corrected chi connectivity index (χ4v) is 1.13. The standard InChI is InChI=1S/C9H8N2/c1-2-11-7-5-8-4-3-6-10-9(8)11/h2-7H,1H2. The van der Waals surface area contributed by atoms with Crippen molar-refractivity contribution in [1.82, 2.24) is 9.55 Å². The predicted molar refractivity (Wildman–Crippen MR) is 46.1 cm³/mol. The Morgan fingerprint density at radius 1 is 1.45 bits per heavy atom. The maximum atomic E-state index is 4.20. The van der Waals surface area contributed by atoms with E-state index in [9.17, 15) is 0 Å². The van der Waals surface area contributed by atoms with Gasteiger partial charge in [-0.3, -0.25) is 0 Å². The van der Waals surface area contributed by atoms with E-state index in [-0.39, 0.29) is 0 Å². The Balaban J connectivity index is 2.86. The zero-order chi connectivity index (χ0) is 7.68. The third-order valence-electron chi connectivity index (χ3n) is 1.67. The minimum atomic E-state index is 0.961. The van der Waals surface area contributed by atoms with Crippen molar-refractivity contribution >= 4 is 17.2 Å². The minimum absolute atomic E-state index is 0.961. The number of rotatable bonds is 1. The van der Waals surface area contributed by atoms with Crippen LogP contribution in [0.25, 0.3) is 17.2 Å². The molecule has 11 heavy (non-hydrogen) atoms. The van der Waals surface area contributed by atoms with E-state index in [4.69, 9.17) is 0 Å². The largest absolute Gasteiger partial charge is 0.309 e. The lowest BCUT2D eigenvalue weighted by atomic mass is 10.3. The summed E-state index contributed by atoms with van der Waals surface area (Å²) < 4.78 is 1.90. The lowest BCUT2D eigenvalue weighted by Crippen LogP contribution is -1.83. The summed E-state index contributed by atoms with van der Waals surface area (Å²) in [5.74, 6) is 0. The van der Waals surface area contributed by atoms with Crippen LogP contribution >= 0.6 is 0 Å². The highest BCUT2D eigenvalue weighted by atomic mass is 15.0. The molecule has 0 fully saturated rings. The van der Waals surface area contributed by atoms with E-state index in [1.54, 1.807) is 12.4 Å². The van der Waals surface area contributed by atoms with Gasteiger partial charge in [-0.2, -0.15) is 0 Å². The molecule has 0 atom stereocenters. The molecule has 2 nitrogen and oxygen atoms in total. The molecule has 0 radical (unpaired) electrons. The summed E-state index contributed by atoms with van der Waals surface area (Å²) in [6, 6.07) is 5.97. The number of hydrogen-bond acceptors (Lipinski definition) is 1. The molecule has 0 aliphatic heterocycles. The average molecular weight is 144 g/mol. The van der Waals surface area contributed by atoms with Gasteiger partial charge in [0.2, 0.25) is 0 Å². The molecular formula is C9H8N2. The highest BCUT2D eigenvalue weighted by Gasteiger charge is 1.95. The van der Waals surface area contributed by atoms with Crippen LogP contribution in [0, 0.1) is 0 Å². The van der Waals surface area contributed by atoms with Gasteiger partial charge >= 0.3 is 0 Å². The van der Waals surface area contributed by atoms with Gasteiger partial charge < -0.3 is 4.57 Å². The fraction of sp³-hybridized carbons (Fsp3) is 0. The van der Waals surface area contributed by atoms with Gasteiger partial charge in [0.1, 0.15) is 5.65 Å². The minimum Gasteiger partial charge on any atom is -0.309 e. The molecule has 0 aliphatic rings. The molecule has 2 rings (SSSR count). The lowest BCUT2D eigenvalue weighted by molar-refractivity contribution is 1.18. The van der Waals surface area contributed by atoms with Crippen LogP contribution in [0.15, 0.2) is 37.2 Å². The van der Waals surface area contributed by atoms with E-state index in [0.717, 1.165) is 11.0 Å². The van der Waals surface area contributed by atoms with Gasteiger partial charge in [-0.05, 0) is 18.2 Å². The summed E-state index contributed by atoms with van der Waals surface area (Å²) in [7, 11) is 0. The van der Waals surface area contributed by atoms with Crippen LogP contribution in [0.4, 0.5) is 0 Å². The zero-order valence-electron chi connectivity index (χ0n) is 6.07. The van der Waals surface area contributed by atoms with E-state index < -0.39 is 0 Å². The average Bonchev–Trinajstić information content (AvgIpc) is 2.47. The van der Waals surface area contributed by atoms with Crippen LogP contribution in [0.1, 0.15) is 0 Å². The van der Waals surface area contributed by atoms with Crippen molar-refractivity contribution < 1.29 is 0 Å². The molecule has 0 saturated carbocycles. The lowest BCUT2D eigenvalue weighted by Gasteiger charge is -1.92. The van der Waals surface area contributed by atoms with E-state index in [1.807, 2.05) is 29.0 Å². The first-order chi connectivity index (χ1) is 5.42. The first-order valence-corrected chi connectivity index (χ1v) is 3.46. The molecule has 0 unspecified atom stereocenters. The van der Waals surface area contributed by atoms with Crippen LogP contribution < -0.4 is 0 Å². The maximum absolute atomic E-state index is 4.20. The summed E-state index contributed by atoms with van der Waals surface area (Å²) in [4.78, 5) is 4.20. The Morgan fingerprint density at radius 3 is 3.18 bits per heavy atom.